The van der Waals surface area contributed by atoms with E-state index in [-0.39, 0.29) is 5.78 Å². The smallest absolute Gasteiger partial charge is 0.167 e. The number of ketones is 1. The van der Waals surface area contributed by atoms with Crippen molar-refractivity contribution < 1.29 is 4.79 Å². The molecule has 1 aromatic heterocycles. The molecule has 1 unspecified atom stereocenters. The zero-order chi connectivity index (χ0) is 9.14. The minimum atomic E-state index is -0.574. The van der Waals surface area contributed by atoms with Crippen molar-refractivity contribution in [1.82, 2.24) is 14.8 Å². The van der Waals surface area contributed by atoms with Crippen LogP contribution < -0.4 is 0 Å². The van der Waals surface area contributed by atoms with Crippen LogP contribution in [-0.4, -0.2) is 20.5 Å². The van der Waals surface area contributed by atoms with E-state index in [4.69, 9.17) is 0 Å². The van der Waals surface area contributed by atoms with Gasteiger partial charge >= 0.3 is 0 Å². The molecule has 1 heterocycles. The van der Waals surface area contributed by atoms with Crippen molar-refractivity contribution >= 4 is 31.0 Å². The van der Waals surface area contributed by atoms with E-state index >= 15 is 0 Å². The summed E-state index contributed by atoms with van der Waals surface area (Å²) in [5, 5.41) is 6.80. The Hall–Kier alpha value is -0.490. The number of carbonyl (C=O) groups excluding carboxylic acids is 1. The normalized spacial score (nSPS) is 12.9. The number of aryl methyl sites for hydroxylation is 1. The molecule has 12 heavy (non-hydrogen) atoms. The monoisotopic (exact) mass is 202 g/mol. The molecule has 0 aliphatic heterocycles. The summed E-state index contributed by atoms with van der Waals surface area (Å²) in [7, 11) is 1.75. The topological polar surface area (TPSA) is 47.8 Å². The molecule has 0 spiro atoms. The van der Waals surface area contributed by atoms with Crippen LogP contribution in [0.15, 0.2) is 6.33 Å². The van der Waals surface area contributed by atoms with Gasteiger partial charge in [0.25, 0.3) is 0 Å². The Labute approximate surface area is 81.2 Å². The molecule has 0 saturated carbocycles. The Morgan fingerprint density at radius 2 is 2.50 bits per heavy atom. The lowest BCUT2D eigenvalue weighted by atomic mass is 10.3. The number of thiol groups is 2. The first-order valence-electron chi connectivity index (χ1n) is 3.20. The van der Waals surface area contributed by atoms with Crippen molar-refractivity contribution in [2.24, 2.45) is 7.05 Å². The number of aromatic nitrogens is 3. The highest BCUT2D eigenvalue weighted by Gasteiger charge is 2.19. The van der Waals surface area contributed by atoms with E-state index in [0.717, 1.165) is 0 Å². The quantitative estimate of drug-likeness (QED) is 0.699. The van der Waals surface area contributed by atoms with E-state index in [0.29, 0.717) is 5.82 Å². The third-order valence-corrected chi connectivity index (χ3v) is 2.13. The van der Waals surface area contributed by atoms with Gasteiger partial charge in [-0.2, -0.15) is 25.3 Å². The lowest BCUT2D eigenvalue weighted by Gasteiger charge is -2.05. The molecule has 0 N–H and O–H groups in total. The predicted molar refractivity (Wildman–Crippen MR) is 51.0 cm³/mol. The summed E-state index contributed by atoms with van der Waals surface area (Å²) >= 11 is 7.82. The van der Waals surface area contributed by atoms with Crippen LogP contribution in [0.5, 0.6) is 0 Å². The molecule has 1 rings (SSSR count). The minimum Gasteiger partial charge on any atom is -0.319 e. The Bertz CT molecular complexity index is 286. The van der Waals surface area contributed by atoms with Crippen molar-refractivity contribution in [3.05, 3.63) is 17.9 Å². The van der Waals surface area contributed by atoms with Crippen LogP contribution in [-0.2, 0) is 11.8 Å². The Kier molecular flexibility index (Phi) is 3.16. The Morgan fingerprint density at radius 1 is 1.83 bits per heavy atom. The fourth-order valence-corrected chi connectivity index (χ4v) is 1.31. The van der Waals surface area contributed by atoms with Gasteiger partial charge in [0.15, 0.2) is 11.6 Å². The van der Waals surface area contributed by atoms with E-state index in [1.165, 1.54) is 12.1 Å². The highest BCUT2D eigenvalue weighted by molar-refractivity contribution is 7.84. The fraction of sp³-hybridized carbons (Fsp3) is 0.333. The maximum absolute atomic E-state index is 11.1. The van der Waals surface area contributed by atoms with Gasteiger partial charge in [0, 0.05) is 7.05 Å². The van der Waals surface area contributed by atoms with Gasteiger partial charge in [0.05, 0.1) is 5.75 Å². The van der Waals surface area contributed by atoms with Crippen LogP contribution in [0.2, 0.25) is 0 Å². The molecule has 1 aromatic rings. The first-order chi connectivity index (χ1) is 5.66. The highest BCUT2D eigenvalue weighted by Crippen LogP contribution is 2.19. The molecule has 6 heteroatoms. The second-order valence-corrected chi connectivity index (χ2v) is 3.01. The van der Waals surface area contributed by atoms with Crippen LogP contribution in [0.1, 0.15) is 11.1 Å². The summed E-state index contributed by atoms with van der Waals surface area (Å²) in [6.45, 7) is 0. The average molecular weight is 202 g/mol. The van der Waals surface area contributed by atoms with E-state index in [9.17, 15) is 4.79 Å². The van der Waals surface area contributed by atoms with Crippen LogP contribution in [0.4, 0.5) is 0 Å². The molecule has 0 saturated heterocycles. The molecule has 0 fully saturated rings. The van der Waals surface area contributed by atoms with Gasteiger partial charge in [-0.15, -0.1) is 10.2 Å². The molecule has 4 nitrogen and oxygen atoms in total. The molecule has 0 amide bonds. The molecule has 65 valence electrons. The van der Waals surface area contributed by atoms with Crippen LogP contribution in [0.3, 0.4) is 0 Å². The second kappa shape index (κ2) is 3.95. The lowest BCUT2D eigenvalue weighted by molar-refractivity contribution is -0.114. The minimum absolute atomic E-state index is 0.197. The first kappa shape index (κ1) is 9.60. The van der Waals surface area contributed by atoms with Gasteiger partial charge in [-0.05, 0) is 0 Å². The lowest BCUT2D eigenvalue weighted by Crippen LogP contribution is -2.10. The summed E-state index contributed by atoms with van der Waals surface area (Å²) in [5.74, 6) is 1.50. The zero-order valence-corrected chi connectivity index (χ0v) is 8.17. The summed E-state index contributed by atoms with van der Waals surface area (Å²) in [6.07, 6.45) is 1.52. The summed E-state index contributed by atoms with van der Waals surface area (Å²) in [5.41, 5.74) is 0. The zero-order valence-electron chi connectivity index (χ0n) is 6.38. The molecule has 1 radical (unpaired) electrons. The molecular formula is C6H8N3OS2. The van der Waals surface area contributed by atoms with Crippen molar-refractivity contribution in [2.45, 2.75) is 5.25 Å². The number of Topliss-reactive ketones (excluding diaryl/α,β-unsaturated/α-hetero) is 1. The van der Waals surface area contributed by atoms with E-state index in [1.54, 1.807) is 11.6 Å². The largest absolute Gasteiger partial charge is 0.319 e. The summed E-state index contributed by atoms with van der Waals surface area (Å²) in [6, 6.07) is 0. The Balaban J connectivity index is 2.84. The van der Waals surface area contributed by atoms with E-state index < -0.39 is 5.25 Å². The number of hydrogen-bond acceptors (Lipinski definition) is 5. The highest BCUT2D eigenvalue weighted by atomic mass is 32.1. The molecule has 0 bridgehead atoms. The summed E-state index contributed by atoms with van der Waals surface area (Å²) < 4.78 is 1.65. The maximum Gasteiger partial charge on any atom is 0.167 e. The molecular weight excluding hydrogens is 194 g/mol. The van der Waals surface area contributed by atoms with E-state index in [2.05, 4.69) is 35.5 Å². The van der Waals surface area contributed by atoms with Crippen molar-refractivity contribution in [3.63, 3.8) is 0 Å². The van der Waals surface area contributed by atoms with Crippen LogP contribution in [0.25, 0.3) is 0 Å². The standard InChI is InChI=1S/C6H8N3OS2/c1-9-3-7-8-6(9)5(12)4(10)2-11/h2-3,5,11-12H,1H3. The molecule has 0 aliphatic carbocycles. The van der Waals surface area contributed by atoms with Crippen LogP contribution in [0, 0.1) is 5.75 Å². The molecule has 0 aromatic carbocycles. The Morgan fingerprint density at radius 3 is 2.92 bits per heavy atom. The van der Waals surface area contributed by atoms with Gasteiger partial charge in [0.2, 0.25) is 0 Å². The number of carbonyl (C=O) groups is 1. The summed E-state index contributed by atoms with van der Waals surface area (Å²) in [4.78, 5) is 11.1. The van der Waals surface area contributed by atoms with Gasteiger partial charge in [-0.3, -0.25) is 4.79 Å². The number of nitrogens with zero attached hydrogens (tertiary/aromatic N) is 3. The van der Waals surface area contributed by atoms with Gasteiger partial charge in [-0.25, -0.2) is 0 Å². The molecule has 0 aliphatic rings. The van der Waals surface area contributed by atoms with Gasteiger partial charge < -0.3 is 4.57 Å². The average Bonchev–Trinajstić information content (AvgIpc) is 2.48. The van der Waals surface area contributed by atoms with Crippen LogP contribution >= 0.6 is 25.3 Å². The second-order valence-electron chi connectivity index (χ2n) is 2.23. The van der Waals surface area contributed by atoms with Crippen molar-refractivity contribution in [2.75, 3.05) is 0 Å². The first-order valence-corrected chi connectivity index (χ1v) is 4.23. The number of hydrogen-bond donors (Lipinski definition) is 2. The fourth-order valence-electron chi connectivity index (χ4n) is 0.738. The predicted octanol–water partition coefficient (Wildman–Crippen LogP) is 0.447. The SMILES string of the molecule is Cn1cnnc1C(S)C(=O)[CH]S. The maximum atomic E-state index is 11.1. The van der Waals surface area contributed by atoms with E-state index in [1.807, 2.05) is 0 Å². The van der Waals surface area contributed by atoms with Crippen molar-refractivity contribution in [1.29, 1.82) is 0 Å². The molecule has 1 atom stereocenters. The number of rotatable bonds is 3. The third-order valence-electron chi connectivity index (χ3n) is 1.39. The third kappa shape index (κ3) is 1.81. The van der Waals surface area contributed by atoms with Crippen molar-refractivity contribution in [3.8, 4) is 0 Å². The van der Waals surface area contributed by atoms with Gasteiger partial charge in [0.1, 0.15) is 11.6 Å². The van der Waals surface area contributed by atoms with Gasteiger partial charge in [-0.1, -0.05) is 0 Å².